The van der Waals surface area contributed by atoms with Crippen molar-refractivity contribution >= 4 is 28.5 Å². The zero-order valence-corrected chi connectivity index (χ0v) is 13.6. The molecule has 8 nitrogen and oxygen atoms in total. The maximum absolute atomic E-state index is 12.9. The Hall–Kier alpha value is -3.16. The van der Waals surface area contributed by atoms with Crippen LogP contribution in [0.3, 0.4) is 0 Å². The molecule has 0 bridgehead atoms. The molecule has 0 saturated heterocycles. The van der Waals surface area contributed by atoms with Gasteiger partial charge in [0.15, 0.2) is 5.78 Å². The smallest absolute Gasteiger partial charge is 0.215 e. The van der Waals surface area contributed by atoms with Crippen molar-refractivity contribution in [1.29, 1.82) is 0 Å². The fourth-order valence-corrected chi connectivity index (χ4v) is 2.44. The number of ether oxygens (including phenoxy) is 1. The number of ketones is 1. The minimum Gasteiger partial charge on any atom is -0.481 e. The maximum atomic E-state index is 12.9. The fraction of sp³-hybridized carbons (Fsp3) is 0.250. The van der Waals surface area contributed by atoms with Gasteiger partial charge in [-0.3, -0.25) is 4.79 Å². The number of nitrogens with one attached hydrogen (secondary N) is 2. The highest BCUT2D eigenvalue weighted by molar-refractivity contribution is 6.18. The van der Waals surface area contributed by atoms with E-state index in [0.29, 0.717) is 28.0 Å². The number of nitrogens with zero attached hydrogens (tertiary/aromatic N) is 3. The fourth-order valence-electron chi connectivity index (χ4n) is 2.44. The topological polar surface area (TPSA) is 119 Å². The van der Waals surface area contributed by atoms with Crippen LogP contribution in [0.25, 0.3) is 11.0 Å². The number of hydrogen-bond donors (Lipinski definition) is 3. The van der Waals surface area contributed by atoms with E-state index in [2.05, 4.69) is 25.3 Å². The highest BCUT2D eigenvalue weighted by Crippen LogP contribution is 2.27. The van der Waals surface area contributed by atoms with Crippen molar-refractivity contribution in [2.24, 2.45) is 0 Å². The third-order valence-corrected chi connectivity index (χ3v) is 3.43. The van der Waals surface area contributed by atoms with E-state index in [1.165, 1.54) is 19.5 Å². The first-order valence-corrected chi connectivity index (χ1v) is 7.44. The van der Waals surface area contributed by atoms with Gasteiger partial charge in [-0.1, -0.05) is 0 Å². The van der Waals surface area contributed by atoms with Crippen molar-refractivity contribution in [3.8, 4) is 5.88 Å². The Balaban J connectivity index is 2.12. The molecule has 3 aromatic heterocycles. The van der Waals surface area contributed by atoms with Crippen LogP contribution in [0.1, 0.15) is 29.8 Å². The zero-order valence-electron chi connectivity index (χ0n) is 13.6. The molecule has 0 aromatic carbocycles. The molecule has 8 heteroatoms. The number of nitrogens with two attached hydrogens (primary N) is 1. The Bertz CT molecular complexity index is 903. The summed E-state index contributed by atoms with van der Waals surface area (Å²) in [5.41, 5.74) is 7.18. The first-order valence-electron chi connectivity index (χ1n) is 7.44. The van der Waals surface area contributed by atoms with Crippen molar-refractivity contribution in [3.05, 3.63) is 35.8 Å². The van der Waals surface area contributed by atoms with E-state index >= 15 is 0 Å². The Morgan fingerprint density at radius 3 is 2.83 bits per heavy atom. The van der Waals surface area contributed by atoms with Gasteiger partial charge in [0, 0.05) is 23.9 Å². The predicted octanol–water partition coefficient (Wildman–Crippen LogP) is 1.99. The summed E-state index contributed by atoms with van der Waals surface area (Å²) in [4.78, 5) is 28.4. The summed E-state index contributed by atoms with van der Waals surface area (Å²) in [5.74, 6) is 0.896. The quantitative estimate of drug-likeness (QED) is 0.613. The van der Waals surface area contributed by atoms with Crippen molar-refractivity contribution in [3.63, 3.8) is 0 Å². The van der Waals surface area contributed by atoms with E-state index in [9.17, 15) is 4.79 Å². The largest absolute Gasteiger partial charge is 0.481 e. The summed E-state index contributed by atoms with van der Waals surface area (Å²) in [7, 11) is 1.47. The summed E-state index contributed by atoms with van der Waals surface area (Å²) in [6, 6.07) is 3.23. The van der Waals surface area contributed by atoms with Gasteiger partial charge in [-0.25, -0.2) is 9.97 Å². The third-order valence-electron chi connectivity index (χ3n) is 3.43. The number of hydrogen-bond acceptors (Lipinski definition) is 7. The number of aromatic nitrogens is 4. The Morgan fingerprint density at radius 2 is 2.12 bits per heavy atom. The van der Waals surface area contributed by atoms with Gasteiger partial charge in [-0.05, 0) is 19.9 Å². The van der Waals surface area contributed by atoms with Gasteiger partial charge >= 0.3 is 0 Å². The Labute approximate surface area is 138 Å². The van der Waals surface area contributed by atoms with Crippen molar-refractivity contribution < 1.29 is 9.53 Å². The van der Waals surface area contributed by atoms with Gasteiger partial charge in [0.1, 0.15) is 23.6 Å². The highest BCUT2D eigenvalue weighted by Gasteiger charge is 2.20. The molecular formula is C16H18N6O2. The summed E-state index contributed by atoms with van der Waals surface area (Å²) in [5, 5.41) is 3.87. The highest BCUT2D eigenvalue weighted by atomic mass is 16.5. The molecule has 3 aromatic rings. The number of rotatable bonds is 5. The zero-order chi connectivity index (χ0) is 17.3. The van der Waals surface area contributed by atoms with E-state index in [1.807, 2.05) is 13.8 Å². The molecule has 0 aliphatic heterocycles. The average molecular weight is 326 g/mol. The number of H-pyrrole nitrogens is 1. The van der Waals surface area contributed by atoms with E-state index in [0.717, 1.165) is 0 Å². The number of anilines is 2. The van der Waals surface area contributed by atoms with Gasteiger partial charge in [0.05, 0.1) is 18.1 Å². The Morgan fingerprint density at radius 1 is 1.33 bits per heavy atom. The predicted molar refractivity (Wildman–Crippen MR) is 91.3 cm³/mol. The molecule has 24 heavy (non-hydrogen) atoms. The van der Waals surface area contributed by atoms with Crippen molar-refractivity contribution in [1.82, 2.24) is 19.9 Å². The minimum absolute atomic E-state index is 0.164. The van der Waals surface area contributed by atoms with Gasteiger partial charge in [-0.2, -0.15) is 4.98 Å². The molecule has 0 atom stereocenters. The van der Waals surface area contributed by atoms with Crippen LogP contribution in [0.15, 0.2) is 24.7 Å². The van der Waals surface area contributed by atoms with E-state index in [-0.39, 0.29) is 23.5 Å². The first kappa shape index (κ1) is 15.7. The molecule has 0 aliphatic carbocycles. The molecule has 0 unspecified atom stereocenters. The number of aromatic amines is 1. The molecule has 124 valence electrons. The van der Waals surface area contributed by atoms with Crippen molar-refractivity contribution in [2.45, 2.75) is 19.9 Å². The summed E-state index contributed by atoms with van der Waals surface area (Å²) >= 11 is 0. The number of carbonyl (C=O) groups is 1. The third kappa shape index (κ3) is 2.85. The second-order valence-electron chi connectivity index (χ2n) is 5.60. The summed E-state index contributed by atoms with van der Waals surface area (Å²) in [6.07, 6.45) is 3.07. The van der Waals surface area contributed by atoms with Crippen LogP contribution in [0.5, 0.6) is 5.88 Å². The van der Waals surface area contributed by atoms with Crippen LogP contribution >= 0.6 is 0 Å². The van der Waals surface area contributed by atoms with Crippen molar-refractivity contribution in [2.75, 3.05) is 18.2 Å². The van der Waals surface area contributed by atoms with Gasteiger partial charge in [0.25, 0.3) is 0 Å². The minimum atomic E-state index is -0.213. The molecule has 0 amide bonds. The van der Waals surface area contributed by atoms with Crippen LogP contribution in [-0.4, -0.2) is 38.9 Å². The SMILES string of the molecule is COc1cc(C(=O)c2c[nH]c3ncnc(NC(C)C)c23)cc(N)n1. The molecule has 3 rings (SSSR count). The lowest BCUT2D eigenvalue weighted by atomic mass is 10.0. The second-order valence-corrected chi connectivity index (χ2v) is 5.60. The van der Waals surface area contributed by atoms with E-state index in [4.69, 9.17) is 10.5 Å². The number of nitrogen functional groups attached to an aromatic ring is 1. The monoisotopic (exact) mass is 326 g/mol. The first-order chi connectivity index (χ1) is 11.5. The molecule has 0 radical (unpaired) electrons. The normalized spacial score (nSPS) is 11.0. The maximum Gasteiger partial charge on any atom is 0.215 e. The molecule has 4 N–H and O–H groups in total. The van der Waals surface area contributed by atoms with Crippen LogP contribution in [0.4, 0.5) is 11.6 Å². The average Bonchev–Trinajstić information content (AvgIpc) is 2.98. The van der Waals surface area contributed by atoms with Crippen LogP contribution in [0.2, 0.25) is 0 Å². The molecule has 0 aliphatic rings. The van der Waals surface area contributed by atoms with E-state index < -0.39 is 0 Å². The molecule has 0 saturated carbocycles. The van der Waals surface area contributed by atoms with Gasteiger partial charge in [0.2, 0.25) is 5.88 Å². The van der Waals surface area contributed by atoms with Gasteiger partial charge < -0.3 is 20.8 Å². The van der Waals surface area contributed by atoms with Gasteiger partial charge in [-0.15, -0.1) is 0 Å². The number of carbonyl (C=O) groups excluding carboxylic acids is 1. The number of fused-ring (bicyclic) bond motifs is 1. The lowest BCUT2D eigenvalue weighted by Gasteiger charge is -2.10. The summed E-state index contributed by atoms with van der Waals surface area (Å²) in [6.45, 7) is 3.99. The van der Waals surface area contributed by atoms with Crippen LogP contribution in [-0.2, 0) is 0 Å². The lowest BCUT2D eigenvalue weighted by Crippen LogP contribution is -2.12. The second kappa shape index (κ2) is 6.15. The molecule has 0 spiro atoms. The van der Waals surface area contributed by atoms with Crippen LogP contribution < -0.4 is 15.8 Å². The summed E-state index contributed by atoms with van der Waals surface area (Å²) < 4.78 is 5.08. The molecular weight excluding hydrogens is 308 g/mol. The van der Waals surface area contributed by atoms with Crippen LogP contribution in [0, 0.1) is 0 Å². The van der Waals surface area contributed by atoms with E-state index in [1.54, 1.807) is 12.3 Å². The molecule has 3 heterocycles. The lowest BCUT2D eigenvalue weighted by molar-refractivity contribution is 0.104. The Kier molecular flexibility index (Phi) is 4.03. The number of pyridine rings is 1. The standard InChI is InChI=1S/C16H18N6O2/c1-8(2)21-16-13-10(6-18-15(13)19-7-20-16)14(23)9-4-11(17)22-12(5-9)24-3/h4-8H,1-3H3,(H2,17,22)(H2,18,19,20,21). The molecule has 0 fully saturated rings. The number of methoxy groups -OCH3 is 1.